The molecule has 0 radical (unpaired) electrons. The van der Waals surface area contributed by atoms with Gasteiger partial charge < -0.3 is 15.1 Å². The van der Waals surface area contributed by atoms with Gasteiger partial charge in [0.15, 0.2) is 0 Å². The van der Waals surface area contributed by atoms with Gasteiger partial charge in [-0.25, -0.2) is 0 Å². The maximum Gasteiger partial charge on any atom is 0.227 e. The molecule has 0 unspecified atom stereocenters. The van der Waals surface area contributed by atoms with Crippen LogP contribution in [0.3, 0.4) is 0 Å². The summed E-state index contributed by atoms with van der Waals surface area (Å²) in [7, 11) is 0. The maximum absolute atomic E-state index is 12.7. The molecule has 0 bridgehead atoms. The van der Waals surface area contributed by atoms with Gasteiger partial charge in [-0.3, -0.25) is 9.59 Å². The highest BCUT2D eigenvalue weighted by molar-refractivity contribution is 6.00. The number of rotatable bonds is 5. The summed E-state index contributed by atoms with van der Waals surface area (Å²) in [6.07, 6.45) is 7.96. The summed E-state index contributed by atoms with van der Waals surface area (Å²) in [5, 5.41) is 3.23. The summed E-state index contributed by atoms with van der Waals surface area (Å²) in [4.78, 5) is 29.5. The SMILES string of the molecule is Cc1ccc(N2C[C@H](C(=O)NC3CCN(CC4CCCC4)CC3)CC2=O)cc1. The molecule has 1 aliphatic carbocycles. The Morgan fingerprint density at radius 3 is 2.43 bits per heavy atom. The number of likely N-dealkylation sites (tertiary alicyclic amines) is 1. The lowest BCUT2D eigenvalue weighted by Crippen LogP contribution is -2.47. The Morgan fingerprint density at radius 2 is 1.75 bits per heavy atom. The number of piperidine rings is 1. The first-order chi connectivity index (χ1) is 13.6. The van der Waals surface area contributed by atoms with Crippen LogP contribution >= 0.6 is 0 Å². The van der Waals surface area contributed by atoms with E-state index in [9.17, 15) is 9.59 Å². The number of carbonyl (C=O) groups excluding carboxylic acids is 2. The Kier molecular flexibility index (Phi) is 6.00. The molecule has 1 aromatic rings. The van der Waals surface area contributed by atoms with Gasteiger partial charge in [-0.1, -0.05) is 30.5 Å². The number of benzene rings is 1. The zero-order valence-electron chi connectivity index (χ0n) is 17.0. The van der Waals surface area contributed by atoms with E-state index in [1.807, 2.05) is 31.2 Å². The smallest absolute Gasteiger partial charge is 0.227 e. The summed E-state index contributed by atoms with van der Waals surface area (Å²) in [6, 6.07) is 8.21. The Bertz CT molecular complexity index is 688. The van der Waals surface area contributed by atoms with Crippen molar-refractivity contribution in [2.45, 2.75) is 57.9 Å². The van der Waals surface area contributed by atoms with Gasteiger partial charge in [0.2, 0.25) is 11.8 Å². The minimum atomic E-state index is -0.231. The van der Waals surface area contributed by atoms with Crippen molar-refractivity contribution in [2.24, 2.45) is 11.8 Å². The Morgan fingerprint density at radius 1 is 1.07 bits per heavy atom. The summed E-state index contributed by atoms with van der Waals surface area (Å²) in [5.41, 5.74) is 2.06. The molecular weight excluding hydrogens is 350 g/mol. The zero-order valence-corrected chi connectivity index (χ0v) is 17.0. The fourth-order valence-corrected chi connectivity index (χ4v) is 4.99. The fourth-order valence-electron chi connectivity index (χ4n) is 4.99. The number of anilines is 1. The molecule has 5 heteroatoms. The molecule has 0 aromatic heterocycles. The van der Waals surface area contributed by atoms with Crippen LogP contribution in [0.25, 0.3) is 0 Å². The molecule has 1 saturated carbocycles. The lowest BCUT2D eigenvalue weighted by molar-refractivity contribution is -0.127. The Labute approximate surface area is 168 Å². The largest absolute Gasteiger partial charge is 0.353 e. The average Bonchev–Trinajstić information content (AvgIpc) is 3.34. The lowest BCUT2D eigenvalue weighted by atomic mass is 10.0. The van der Waals surface area contributed by atoms with Crippen molar-refractivity contribution in [3.63, 3.8) is 0 Å². The normalized spacial score (nSPS) is 24.8. The van der Waals surface area contributed by atoms with Crippen LogP contribution in [0.1, 0.15) is 50.5 Å². The van der Waals surface area contributed by atoms with Crippen LogP contribution in [0.15, 0.2) is 24.3 Å². The molecule has 2 saturated heterocycles. The van der Waals surface area contributed by atoms with E-state index in [1.165, 1.54) is 37.8 Å². The van der Waals surface area contributed by atoms with E-state index in [0.29, 0.717) is 13.0 Å². The van der Waals surface area contributed by atoms with Crippen LogP contribution in [0.4, 0.5) is 5.69 Å². The molecule has 2 aliphatic heterocycles. The van der Waals surface area contributed by atoms with Gasteiger partial charge in [0, 0.05) is 44.3 Å². The predicted octanol–water partition coefficient (Wildman–Crippen LogP) is 3.12. The Balaban J connectivity index is 1.24. The van der Waals surface area contributed by atoms with E-state index in [0.717, 1.165) is 37.5 Å². The van der Waals surface area contributed by atoms with Gasteiger partial charge in [0.25, 0.3) is 0 Å². The molecule has 1 atom stereocenters. The molecule has 0 spiro atoms. The third-order valence-corrected chi connectivity index (χ3v) is 6.77. The van der Waals surface area contributed by atoms with E-state index in [-0.39, 0.29) is 23.8 Å². The molecule has 2 amide bonds. The highest BCUT2D eigenvalue weighted by Gasteiger charge is 2.36. The first kappa shape index (κ1) is 19.4. The minimum absolute atomic E-state index is 0.0513. The van der Waals surface area contributed by atoms with Crippen molar-refractivity contribution < 1.29 is 9.59 Å². The number of nitrogens with zero attached hydrogens (tertiary/aromatic N) is 2. The van der Waals surface area contributed by atoms with Gasteiger partial charge >= 0.3 is 0 Å². The van der Waals surface area contributed by atoms with Crippen LogP contribution in [-0.2, 0) is 9.59 Å². The monoisotopic (exact) mass is 383 g/mol. The Hall–Kier alpha value is -1.88. The molecule has 2 heterocycles. The van der Waals surface area contributed by atoms with E-state index in [4.69, 9.17) is 0 Å². The molecule has 28 heavy (non-hydrogen) atoms. The van der Waals surface area contributed by atoms with Crippen molar-refractivity contribution in [3.05, 3.63) is 29.8 Å². The minimum Gasteiger partial charge on any atom is -0.353 e. The van der Waals surface area contributed by atoms with Crippen LogP contribution in [-0.4, -0.2) is 48.9 Å². The van der Waals surface area contributed by atoms with Crippen molar-refractivity contribution in [1.29, 1.82) is 0 Å². The second-order valence-corrected chi connectivity index (χ2v) is 8.97. The number of hydrogen-bond acceptors (Lipinski definition) is 3. The summed E-state index contributed by atoms with van der Waals surface area (Å²) in [6.45, 7) is 5.93. The third-order valence-electron chi connectivity index (χ3n) is 6.77. The number of hydrogen-bond donors (Lipinski definition) is 1. The number of amides is 2. The number of nitrogens with one attached hydrogen (secondary N) is 1. The van der Waals surface area contributed by atoms with Crippen molar-refractivity contribution >= 4 is 17.5 Å². The number of aryl methyl sites for hydroxylation is 1. The predicted molar refractivity (Wildman–Crippen MR) is 111 cm³/mol. The molecular formula is C23H33N3O2. The molecule has 3 fully saturated rings. The van der Waals surface area contributed by atoms with E-state index < -0.39 is 0 Å². The summed E-state index contributed by atoms with van der Waals surface area (Å²) in [5.74, 6) is 0.765. The highest BCUT2D eigenvalue weighted by Crippen LogP contribution is 2.27. The standard InChI is InChI=1S/C23H33N3O2/c1-17-6-8-21(9-7-17)26-16-19(14-22(26)27)23(28)24-20-10-12-25(13-11-20)15-18-4-2-3-5-18/h6-9,18-20H,2-5,10-16H2,1H3,(H,24,28)/t19-/m1/s1. The first-order valence-corrected chi connectivity index (χ1v) is 11.0. The molecule has 5 nitrogen and oxygen atoms in total. The van der Waals surface area contributed by atoms with Crippen molar-refractivity contribution in [1.82, 2.24) is 10.2 Å². The quantitative estimate of drug-likeness (QED) is 0.850. The second kappa shape index (κ2) is 8.64. The van der Waals surface area contributed by atoms with Crippen LogP contribution in [0, 0.1) is 18.8 Å². The molecule has 1 N–H and O–H groups in total. The highest BCUT2D eigenvalue weighted by atomic mass is 16.2. The van der Waals surface area contributed by atoms with Crippen LogP contribution in [0.2, 0.25) is 0 Å². The first-order valence-electron chi connectivity index (χ1n) is 11.0. The van der Waals surface area contributed by atoms with Gasteiger partial charge in [0.05, 0.1) is 5.92 Å². The third kappa shape index (κ3) is 4.57. The van der Waals surface area contributed by atoms with E-state index in [2.05, 4.69) is 10.2 Å². The van der Waals surface area contributed by atoms with Crippen LogP contribution in [0.5, 0.6) is 0 Å². The average molecular weight is 384 g/mol. The molecule has 1 aromatic carbocycles. The van der Waals surface area contributed by atoms with Crippen molar-refractivity contribution in [3.8, 4) is 0 Å². The summed E-state index contributed by atoms with van der Waals surface area (Å²) >= 11 is 0. The maximum atomic E-state index is 12.7. The second-order valence-electron chi connectivity index (χ2n) is 8.97. The van der Waals surface area contributed by atoms with E-state index >= 15 is 0 Å². The zero-order chi connectivity index (χ0) is 19.5. The van der Waals surface area contributed by atoms with Gasteiger partial charge in [-0.15, -0.1) is 0 Å². The topological polar surface area (TPSA) is 52.7 Å². The van der Waals surface area contributed by atoms with Crippen LogP contribution < -0.4 is 10.2 Å². The summed E-state index contributed by atoms with van der Waals surface area (Å²) < 4.78 is 0. The molecule has 3 aliphatic rings. The van der Waals surface area contributed by atoms with Crippen molar-refractivity contribution in [2.75, 3.05) is 31.1 Å². The van der Waals surface area contributed by atoms with Gasteiger partial charge in [-0.2, -0.15) is 0 Å². The van der Waals surface area contributed by atoms with Gasteiger partial charge in [0.1, 0.15) is 0 Å². The van der Waals surface area contributed by atoms with E-state index in [1.54, 1.807) is 4.90 Å². The molecule has 4 rings (SSSR count). The lowest BCUT2D eigenvalue weighted by Gasteiger charge is -2.34. The fraction of sp³-hybridized carbons (Fsp3) is 0.652. The molecule has 152 valence electrons. The number of carbonyl (C=O) groups is 2. The van der Waals surface area contributed by atoms with Gasteiger partial charge in [-0.05, 0) is 50.7 Å².